The fourth-order valence-electron chi connectivity index (χ4n) is 3.14. The molecule has 0 saturated carbocycles. The van der Waals surface area contributed by atoms with E-state index in [1.165, 1.54) is 5.56 Å². The minimum atomic E-state index is -0.772. The molecule has 6 heteroatoms. The predicted octanol–water partition coefficient (Wildman–Crippen LogP) is 2.88. The number of benzene rings is 2. The molecule has 28 heavy (non-hydrogen) atoms. The van der Waals surface area contributed by atoms with Crippen LogP contribution in [0.3, 0.4) is 0 Å². The lowest BCUT2D eigenvalue weighted by Gasteiger charge is -2.14. The monoisotopic (exact) mass is 383 g/mol. The van der Waals surface area contributed by atoms with Crippen LogP contribution in [0.1, 0.15) is 37.5 Å². The molecule has 1 heterocycles. The van der Waals surface area contributed by atoms with E-state index in [0.717, 1.165) is 35.3 Å². The van der Waals surface area contributed by atoms with Gasteiger partial charge in [0.15, 0.2) is 0 Å². The highest BCUT2D eigenvalue weighted by Crippen LogP contribution is 2.21. The number of hydrogen-bond acceptors (Lipinski definition) is 4. The molecule has 1 aromatic heterocycles. The molecule has 0 unspecified atom stereocenters. The number of rotatable bonds is 8. The molecule has 0 spiro atoms. The van der Waals surface area contributed by atoms with Crippen molar-refractivity contribution in [3.63, 3.8) is 0 Å². The minimum Gasteiger partial charge on any atom is -0.491 e. The SMILES string of the molecule is CC[C@H](C)NCc1ccc(OC[C@H](O)c2ccc3c(c2)n(C)c(=O)n3C)cc1. The normalized spacial score (nSPS) is 13.6. The van der Waals surface area contributed by atoms with Gasteiger partial charge in [0, 0.05) is 26.7 Å². The standard InChI is InChI=1S/C22H29N3O3/c1-5-15(2)23-13-16-6-9-18(10-7-16)28-14-21(26)17-8-11-19-20(12-17)25(4)22(27)24(19)3/h6-12,15,21,23,26H,5,13-14H2,1-4H3/t15-,21-/m0/s1. The molecule has 0 amide bonds. The third-order valence-electron chi connectivity index (χ3n) is 5.28. The number of nitrogens with one attached hydrogen (secondary N) is 1. The van der Waals surface area contributed by atoms with Gasteiger partial charge in [0.1, 0.15) is 18.5 Å². The maximum atomic E-state index is 12.0. The number of imidazole rings is 1. The van der Waals surface area contributed by atoms with E-state index >= 15 is 0 Å². The Morgan fingerprint density at radius 1 is 1.07 bits per heavy atom. The molecule has 2 aromatic carbocycles. The van der Waals surface area contributed by atoms with Crippen LogP contribution in [0, 0.1) is 0 Å². The maximum absolute atomic E-state index is 12.0. The Morgan fingerprint density at radius 2 is 1.75 bits per heavy atom. The highest BCUT2D eigenvalue weighted by Gasteiger charge is 2.13. The summed E-state index contributed by atoms with van der Waals surface area (Å²) in [7, 11) is 3.47. The van der Waals surface area contributed by atoms with Gasteiger partial charge in [-0.15, -0.1) is 0 Å². The van der Waals surface area contributed by atoms with Crippen LogP contribution in [-0.4, -0.2) is 26.9 Å². The molecule has 0 fully saturated rings. The Hall–Kier alpha value is -2.57. The summed E-state index contributed by atoms with van der Waals surface area (Å²) < 4.78 is 8.93. The molecular weight excluding hydrogens is 354 g/mol. The first kappa shape index (κ1) is 20.2. The van der Waals surface area contributed by atoms with Crippen LogP contribution in [0.4, 0.5) is 0 Å². The molecule has 2 atom stereocenters. The lowest BCUT2D eigenvalue weighted by atomic mass is 10.1. The van der Waals surface area contributed by atoms with Crippen molar-refractivity contribution in [2.24, 2.45) is 14.1 Å². The molecule has 0 bridgehead atoms. The zero-order valence-corrected chi connectivity index (χ0v) is 17.0. The van der Waals surface area contributed by atoms with Gasteiger partial charge < -0.3 is 15.2 Å². The maximum Gasteiger partial charge on any atom is 0.328 e. The highest BCUT2D eigenvalue weighted by atomic mass is 16.5. The molecule has 0 aliphatic carbocycles. The molecule has 150 valence electrons. The van der Waals surface area contributed by atoms with E-state index in [2.05, 4.69) is 19.2 Å². The van der Waals surface area contributed by atoms with E-state index in [-0.39, 0.29) is 12.3 Å². The fraction of sp³-hybridized carbons (Fsp3) is 0.409. The molecule has 2 N–H and O–H groups in total. The quantitative estimate of drug-likeness (QED) is 0.628. The largest absolute Gasteiger partial charge is 0.491 e. The van der Waals surface area contributed by atoms with Crippen LogP contribution < -0.4 is 15.7 Å². The number of aliphatic hydroxyl groups excluding tert-OH is 1. The second-order valence-electron chi connectivity index (χ2n) is 7.31. The number of fused-ring (bicyclic) bond motifs is 1. The van der Waals surface area contributed by atoms with Gasteiger partial charge >= 0.3 is 5.69 Å². The van der Waals surface area contributed by atoms with Crippen molar-refractivity contribution in [2.45, 2.75) is 39.0 Å². The summed E-state index contributed by atoms with van der Waals surface area (Å²) in [5.41, 5.74) is 3.47. The van der Waals surface area contributed by atoms with Gasteiger partial charge in [0.25, 0.3) is 0 Å². The topological polar surface area (TPSA) is 68.4 Å². The smallest absolute Gasteiger partial charge is 0.328 e. The number of hydrogen-bond donors (Lipinski definition) is 2. The molecule has 6 nitrogen and oxygen atoms in total. The third-order valence-corrected chi connectivity index (χ3v) is 5.28. The van der Waals surface area contributed by atoms with E-state index in [9.17, 15) is 9.90 Å². The van der Waals surface area contributed by atoms with Gasteiger partial charge in [-0.3, -0.25) is 9.13 Å². The Balaban J connectivity index is 1.62. The first-order valence-electron chi connectivity index (χ1n) is 9.69. The Labute approximate surface area is 165 Å². The molecule has 0 radical (unpaired) electrons. The summed E-state index contributed by atoms with van der Waals surface area (Å²) in [6.45, 7) is 5.31. The van der Waals surface area contributed by atoms with Crippen LogP contribution in [0.25, 0.3) is 11.0 Å². The first-order chi connectivity index (χ1) is 13.4. The first-order valence-corrected chi connectivity index (χ1v) is 9.69. The predicted molar refractivity (Wildman–Crippen MR) is 112 cm³/mol. The second kappa shape index (κ2) is 8.63. The van der Waals surface area contributed by atoms with Crippen LogP contribution >= 0.6 is 0 Å². The van der Waals surface area contributed by atoms with Crippen molar-refractivity contribution in [3.05, 3.63) is 64.1 Å². The summed E-state index contributed by atoms with van der Waals surface area (Å²) in [6.07, 6.45) is 0.327. The van der Waals surface area contributed by atoms with Crippen molar-refractivity contribution >= 4 is 11.0 Å². The Morgan fingerprint density at radius 3 is 2.43 bits per heavy atom. The average molecular weight is 383 g/mol. The van der Waals surface area contributed by atoms with Crippen molar-refractivity contribution in [1.82, 2.24) is 14.5 Å². The lowest BCUT2D eigenvalue weighted by Crippen LogP contribution is -2.24. The van der Waals surface area contributed by atoms with E-state index in [1.807, 2.05) is 42.5 Å². The second-order valence-corrected chi connectivity index (χ2v) is 7.31. The van der Waals surface area contributed by atoms with Crippen LogP contribution in [0.5, 0.6) is 5.75 Å². The fourth-order valence-corrected chi connectivity index (χ4v) is 3.14. The molecule has 3 aromatic rings. The summed E-state index contributed by atoms with van der Waals surface area (Å²) >= 11 is 0. The van der Waals surface area contributed by atoms with E-state index in [1.54, 1.807) is 23.2 Å². The summed E-state index contributed by atoms with van der Waals surface area (Å²) in [5, 5.41) is 14.0. The molecule has 3 rings (SSSR count). The molecule has 0 aliphatic heterocycles. The van der Waals surface area contributed by atoms with Crippen LogP contribution in [0.2, 0.25) is 0 Å². The zero-order chi connectivity index (χ0) is 20.3. The van der Waals surface area contributed by atoms with Crippen molar-refractivity contribution in [3.8, 4) is 5.75 Å². The van der Waals surface area contributed by atoms with Gasteiger partial charge in [-0.05, 0) is 48.7 Å². The lowest BCUT2D eigenvalue weighted by molar-refractivity contribution is 0.108. The van der Waals surface area contributed by atoms with Crippen molar-refractivity contribution < 1.29 is 9.84 Å². The van der Waals surface area contributed by atoms with Gasteiger partial charge in [0.2, 0.25) is 0 Å². The van der Waals surface area contributed by atoms with Crippen LogP contribution in [0.15, 0.2) is 47.3 Å². The third kappa shape index (κ3) is 4.29. The summed E-state index contributed by atoms with van der Waals surface area (Å²) in [4.78, 5) is 12.0. The van der Waals surface area contributed by atoms with E-state index in [4.69, 9.17) is 4.74 Å². The van der Waals surface area contributed by atoms with Gasteiger partial charge in [-0.25, -0.2) is 4.79 Å². The zero-order valence-electron chi connectivity index (χ0n) is 17.0. The van der Waals surface area contributed by atoms with E-state index in [0.29, 0.717) is 6.04 Å². The van der Waals surface area contributed by atoms with Gasteiger partial charge in [0.05, 0.1) is 11.0 Å². The molecule has 0 aliphatic rings. The van der Waals surface area contributed by atoms with E-state index < -0.39 is 6.10 Å². The highest BCUT2D eigenvalue weighted by molar-refractivity contribution is 5.76. The number of aliphatic hydroxyl groups is 1. The molecular formula is C22H29N3O3. The number of nitrogens with zero attached hydrogens (tertiary/aromatic N) is 2. The average Bonchev–Trinajstić information content (AvgIpc) is 2.94. The van der Waals surface area contributed by atoms with Gasteiger partial charge in [-0.2, -0.15) is 0 Å². The van der Waals surface area contributed by atoms with Crippen molar-refractivity contribution in [1.29, 1.82) is 0 Å². The van der Waals surface area contributed by atoms with Gasteiger partial charge in [-0.1, -0.05) is 25.1 Å². The number of aromatic nitrogens is 2. The summed E-state index contributed by atoms with van der Waals surface area (Å²) in [5.74, 6) is 0.722. The Bertz CT molecular complexity index is 989. The number of ether oxygens (including phenoxy) is 1. The summed E-state index contributed by atoms with van der Waals surface area (Å²) in [6, 6.07) is 13.9. The van der Waals surface area contributed by atoms with Crippen LogP contribution in [-0.2, 0) is 20.6 Å². The number of aryl methyl sites for hydroxylation is 2. The van der Waals surface area contributed by atoms with Crippen molar-refractivity contribution in [2.75, 3.05) is 6.61 Å². The Kier molecular flexibility index (Phi) is 6.21. The minimum absolute atomic E-state index is 0.0826. The molecule has 0 saturated heterocycles.